The summed E-state index contributed by atoms with van der Waals surface area (Å²) in [7, 11) is 0. The van der Waals surface area contributed by atoms with Gasteiger partial charge in [-0.25, -0.2) is 4.99 Å². The number of nitrogens with zero attached hydrogens (tertiary/aromatic N) is 4. The van der Waals surface area contributed by atoms with Gasteiger partial charge < -0.3 is 10.3 Å². The molecule has 0 atom stereocenters. The number of allylic oxidation sites excluding steroid dienone is 2. The molecule has 0 radical (unpaired) electrons. The van der Waals surface area contributed by atoms with Crippen molar-refractivity contribution in [3.63, 3.8) is 0 Å². The lowest BCUT2D eigenvalue weighted by Gasteiger charge is -2.13. The smallest absolute Gasteiger partial charge is 0.388 e. The highest BCUT2D eigenvalue weighted by Crippen LogP contribution is 2.37. The van der Waals surface area contributed by atoms with Gasteiger partial charge in [0.1, 0.15) is 17.8 Å². The molecule has 2 rings (SSSR count). The molecule has 0 aliphatic rings. The fourth-order valence-electron chi connectivity index (χ4n) is 2.16. The SMILES string of the molecule is Cc1cn(-c2c(Cl)cc(C(F)(F)F)cc2Cl)cc1C=NC(C#N)=C(N)C#N. The van der Waals surface area contributed by atoms with Crippen molar-refractivity contribution < 1.29 is 13.2 Å². The maximum absolute atomic E-state index is 12.8. The van der Waals surface area contributed by atoms with Crippen LogP contribution in [0.3, 0.4) is 0 Å². The second-order valence-electron chi connectivity index (χ2n) is 5.33. The number of aryl methyl sites for hydroxylation is 1. The number of hydrogen-bond acceptors (Lipinski definition) is 4. The van der Waals surface area contributed by atoms with Gasteiger partial charge in [-0.1, -0.05) is 23.2 Å². The first-order chi connectivity index (χ1) is 12.6. The second kappa shape index (κ2) is 7.75. The van der Waals surface area contributed by atoms with Crippen molar-refractivity contribution in [1.82, 2.24) is 4.57 Å². The van der Waals surface area contributed by atoms with Gasteiger partial charge in [-0.05, 0) is 24.6 Å². The number of hydrogen-bond donors (Lipinski definition) is 1. The topological polar surface area (TPSA) is 90.9 Å². The lowest BCUT2D eigenvalue weighted by Crippen LogP contribution is -2.06. The van der Waals surface area contributed by atoms with E-state index in [-0.39, 0.29) is 27.1 Å². The first-order valence-corrected chi connectivity index (χ1v) is 7.93. The van der Waals surface area contributed by atoms with Gasteiger partial charge in [0.05, 0.1) is 21.3 Å². The quantitative estimate of drug-likeness (QED) is 0.583. The van der Waals surface area contributed by atoms with Crippen LogP contribution in [0.25, 0.3) is 5.69 Å². The number of benzene rings is 1. The summed E-state index contributed by atoms with van der Waals surface area (Å²) in [5.41, 5.74) is 5.20. The Morgan fingerprint density at radius 3 is 2.26 bits per heavy atom. The normalized spacial score (nSPS) is 12.6. The van der Waals surface area contributed by atoms with Crippen LogP contribution in [0, 0.1) is 29.6 Å². The molecule has 5 nitrogen and oxygen atoms in total. The summed E-state index contributed by atoms with van der Waals surface area (Å²) in [6, 6.07) is 4.89. The fourth-order valence-corrected chi connectivity index (χ4v) is 2.84. The minimum Gasteiger partial charge on any atom is -0.388 e. The molecule has 2 aromatic rings. The van der Waals surface area contributed by atoms with Gasteiger partial charge >= 0.3 is 6.18 Å². The number of aromatic nitrogens is 1. The summed E-state index contributed by atoms with van der Waals surface area (Å²) in [5.74, 6) is 0. The Kier molecular flexibility index (Phi) is 5.85. The molecule has 1 heterocycles. The van der Waals surface area contributed by atoms with Crippen molar-refractivity contribution in [2.24, 2.45) is 10.7 Å². The van der Waals surface area contributed by atoms with Gasteiger partial charge in [0.25, 0.3) is 0 Å². The first kappa shape index (κ1) is 20.4. The van der Waals surface area contributed by atoms with Crippen LogP contribution in [0.1, 0.15) is 16.7 Å². The zero-order valence-electron chi connectivity index (χ0n) is 13.6. The molecule has 2 N–H and O–H groups in total. The van der Waals surface area contributed by atoms with E-state index < -0.39 is 11.7 Å². The monoisotopic (exact) mass is 411 g/mol. The van der Waals surface area contributed by atoms with Crippen LogP contribution < -0.4 is 5.73 Å². The van der Waals surface area contributed by atoms with E-state index >= 15 is 0 Å². The van der Waals surface area contributed by atoms with E-state index in [4.69, 9.17) is 39.5 Å². The number of aliphatic imine (C=N–C) groups is 1. The zero-order valence-corrected chi connectivity index (χ0v) is 15.2. The highest BCUT2D eigenvalue weighted by Gasteiger charge is 2.32. The van der Waals surface area contributed by atoms with E-state index in [0.717, 1.165) is 12.1 Å². The highest BCUT2D eigenvalue weighted by atomic mass is 35.5. The average Bonchev–Trinajstić information content (AvgIpc) is 2.94. The number of nitrogens with two attached hydrogens (primary N) is 1. The molecule has 0 spiro atoms. The van der Waals surface area contributed by atoms with Crippen molar-refractivity contribution in [2.45, 2.75) is 13.1 Å². The van der Waals surface area contributed by atoms with Crippen LogP contribution >= 0.6 is 23.2 Å². The average molecular weight is 412 g/mol. The molecule has 0 aliphatic heterocycles. The summed E-state index contributed by atoms with van der Waals surface area (Å²) in [4.78, 5) is 3.86. The fraction of sp³-hybridized carbons (Fsp3) is 0.118. The molecule has 0 saturated carbocycles. The number of halogens is 5. The summed E-state index contributed by atoms with van der Waals surface area (Å²) in [6.45, 7) is 1.72. The van der Waals surface area contributed by atoms with Crippen molar-refractivity contribution in [1.29, 1.82) is 10.5 Å². The van der Waals surface area contributed by atoms with Crippen LogP contribution in [-0.4, -0.2) is 10.8 Å². The Morgan fingerprint density at radius 1 is 1.19 bits per heavy atom. The molecule has 1 aromatic carbocycles. The predicted molar refractivity (Wildman–Crippen MR) is 95.6 cm³/mol. The Labute approximate surface area is 162 Å². The van der Waals surface area contributed by atoms with Gasteiger partial charge in [-0.2, -0.15) is 23.7 Å². The van der Waals surface area contributed by atoms with Gasteiger partial charge in [0.15, 0.2) is 5.70 Å². The maximum Gasteiger partial charge on any atom is 0.416 e. The third-order valence-electron chi connectivity index (χ3n) is 3.48. The second-order valence-corrected chi connectivity index (χ2v) is 6.15. The lowest BCUT2D eigenvalue weighted by atomic mass is 10.2. The first-order valence-electron chi connectivity index (χ1n) is 7.17. The molecular formula is C17H10Cl2F3N5. The van der Waals surface area contributed by atoms with Crippen molar-refractivity contribution in [3.8, 4) is 17.8 Å². The summed E-state index contributed by atoms with van der Waals surface area (Å²) in [6.07, 6.45) is -0.153. The number of alkyl halides is 3. The summed E-state index contributed by atoms with van der Waals surface area (Å²) in [5, 5.41) is 17.3. The number of rotatable bonds is 3. The molecule has 10 heteroatoms. The Morgan fingerprint density at radius 2 is 1.78 bits per heavy atom. The van der Waals surface area contributed by atoms with Crippen LogP contribution in [0.2, 0.25) is 10.0 Å². The third kappa shape index (κ3) is 4.43. The van der Waals surface area contributed by atoms with Crippen LogP contribution in [-0.2, 0) is 6.18 Å². The zero-order chi connectivity index (χ0) is 20.4. The Bertz CT molecular complexity index is 1010. The number of nitriles is 2. The molecule has 0 amide bonds. The lowest BCUT2D eigenvalue weighted by molar-refractivity contribution is -0.137. The maximum atomic E-state index is 12.8. The summed E-state index contributed by atoms with van der Waals surface area (Å²) >= 11 is 12.0. The van der Waals surface area contributed by atoms with Gasteiger partial charge in [-0.3, -0.25) is 0 Å². The molecule has 0 aliphatic carbocycles. The minimum absolute atomic E-state index is 0.168. The van der Waals surface area contributed by atoms with Gasteiger partial charge in [-0.15, -0.1) is 0 Å². The van der Waals surface area contributed by atoms with Crippen molar-refractivity contribution in [2.75, 3.05) is 0 Å². The molecule has 27 heavy (non-hydrogen) atoms. The Balaban J connectivity index is 2.49. The predicted octanol–water partition coefficient (Wildman–Crippen LogP) is 4.75. The van der Waals surface area contributed by atoms with Crippen molar-refractivity contribution >= 4 is 29.4 Å². The van der Waals surface area contributed by atoms with Gasteiger partial charge in [0, 0.05) is 24.2 Å². The van der Waals surface area contributed by atoms with Crippen LogP contribution in [0.15, 0.2) is 40.9 Å². The van der Waals surface area contributed by atoms with Crippen LogP contribution in [0.5, 0.6) is 0 Å². The highest BCUT2D eigenvalue weighted by molar-refractivity contribution is 6.37. The molecule has 0 unspecified atom stereocenters. The standard InChI is InChI=1S/C17H10Cl2F3N5/c1-9-7-27(8-10(9)6-26-15(5-24)14(25)4-23)16-12(18)2-11(3-13(16)19)17(20,21)22/h2-3,6-8H,25H2,1H3. The molecule has 1 aromatic heterocycles. The minimum atomic E-state index is -4.57. The molecule has 0 fully saturated rings. The third-order valence-corrected chi connectivity index (χ3v) is 4.06. The van der Waals surface area contributed by atoms with E-state index in [1.807, 2.05) is 0 Å². The molecule has 0 bridgehead atoms. The summed E-state index contributed by atoms with van der Waals surface area (Å²) < 4.78 is 40.0. The van der Waals surface area contributed by atoms with Crippen molar-refractivity contribution in [3.05, 3.63) is 62.7 Å². The van der Waals surface area contributed by atoms with Crippen LogP contribution in [0.4, 0.5) is 13.2 Å². The molecule has 138 valence electrons. The van der Waals surface area contributed by atoms with E-state index in [0.29, 0.717) is 11.1 Å². The van der Waals surface area contributed by atoms with E-state index in [1.165, 1.54) is 17.0 Å². The largest absolute Gasteiger partial charge is 0.416 e. The van der Waals surface area contributed by atoms with E-state index in [9.17, 15) is 13.2 Å². The molecular weight excluding hydrogens is 402 g/mol. The Hall–Kier alpha value is -2.94. The van der Waals surface area contributed by atoms with E-state index in [1.54, 1.807) is 25.3 Å². The van der Waals surface area contributed by atoms with Gasteiger partial charge in [0.2, 0.25) is 0 Å². The van der Waals surface area contributed by atoms with E-state index in [2.05, 4.69) is 4.99 Å². The molecule has 0 saturated heterocycles.